The van der Waals surface area contributed by atoms with Gasteiger partial charge < -0.3 is 10.2 Å². The van der Waals surface area contributed by atoms with Crippen LogP contribution in [0.2, 0.25) is 0 Å². The Morgan fingerprint density at radius 1 is 1.24 bits per heavy atom. The van der Waals surface area contributed by atoms with Gasteiger partial charge in [-0.2, -0.15) is 0 Å². The van der Waals surface area contributed by atoms with E-state index in [-0.39, 0.29) is 5.56 Å². The fourth-order valence-corrected chi connectivity index (χ4v) is 1.24. The van der Waals surface area contributed by atoms with Crippen LogP contribution in [0.25, 0.3) is 5.57 Å². The average molecular weight is 237 g/mol. The second kappa shape index (κ2) is 4.88. The first kappa shape index (κ1) is 12.4. The van der Waals surface area contributed by atoms with Crippen molar-refractivity contribution in [3.8, 4) is 0 Å². The number of rotatable bonds is 4. The van der Waals surface area contributed by atoms with Crippen LogP contribution in [0.4, 0.5) is 5.69 Å². The van der Waals surface area contributed by atoms with Crippen LogP contribution in [0.1, 0.15) is 5.56 Å². The predicted octanol–water partition coefficient (Wildman–Crippen LogP) is 1.15. The van der Waals surface area contributed by atoms with Gasteiger partial charge in [-0.05, 0) is 6.07 Å². The van der Waals surface area contributed by atoms with Gasteiger partial charge in [0.1, 0.15) is 0 Å². The van der Waals surface area contributed by atoms with E-state index in [4.69, 9.17) is 10.2 Å². The molecule has 17 heavy (non-hydrogen) atoms. The molecular weight excluding hydrogens is 230 g/mol. The second-order valence-electron chi connectivity index (χ2n) is 2.98. The third kappa shape index (κ3) is 2.88. The molecule has 0 saturated carbocycles. The second-order valence-corrected chi connectivity index (χ2v) is 2.98. The van der Waals surface area contributed by atoms with Crippen LogP contribution in [-0.4, -0.2) is 27.1 Å². The molecule has 0 aliphatic rings. The van der Waals surface area contributed by atoms with Gasteiger partial charge >= 0.3 is 11.9 Å². The summed E-state index contributed by atoms with van der Waals surface area (Å²) in [5, 5.41) is 28.0. The average Bonchev–Trinajstić information content (AvgIpc) is 2.25. The molecule has 0 atom stereocenters. The number of para-hydroxylation sites is 1. The van der Waals surface area contributed by atoms with Gasteiger partial charge in [-0.3, -0.25) is 10.1 Å². The molecular formula is C10H7NO6. The molecule has 88 valence electrons. The molecule has 0 aliphatic heterocycles. The number of aliphatic carboxylic acids is 2. The number of nitro benzene ring substituents is 1. The minimum Gasteiger partial charge on any atom is -0.478 e. The van der Waals surface area contributed by atoms with E-state index in [9.17, 15) is 19.7 Å². The zero-order valence-electron chi connectivity index (χ0n) is 8.36. The van der Waals surface area contributed by atoms with E-state index < -0.39 is 28.1 Å². The zero-order valence-corrected chi connectivity index (χ0v) is 8.36. The summed E-state index contributed by atoms with van der Waals surface area (Å²) in [5.74, 6) is -3.03. The van der Waals surface area contributed by atoms with Gasteiger partial charge in [0, 0.05) is 12.1 Å². The third-order valence-corrected chi connectivity index (χ3v) is 1.89. The Kier molecular flexibility index (Phi) is 3.55. The van der Waals surface area contributed by atoms with Crippen LogP contribution in [-0.2, 0) is 9.59 Å². The molecule has 1 aromatic rings. The highest BCUT2D eigenvalue weighted by atomic mass is 16.6. The lowest BCUT2D eigenvalue weighted by molar-refractivity contribution is -0.385. The topological polar surface area (TPSA) is 118 Å². The van der Waals surface area contributed by atoms with E-state index in [1.54, 1.807) is 0 Å². The summed E-state index contributed by atoms with van der Waals surface area (Å²) in [4.78, 5) is 31.2. The summed E-state index contributed by atoms with van der Waals surface area (Å²) in [6, 6.07) is 5.04. The van der Waals surface area contributed by atoms with Crippen molar-refractivity contribution in [2.45, 2.75) is 0 Å². The Bertz CT molecular complexity index is 519. The summed E-state index contributed by atoms with van der Waals surface area (Å²) in [6.07, 6.45) is 0.421. The lowest BCUT2D eigenvalue weighted by atomic mass is 10.0. The number of carbonyl (C=O) groups is 2. The number of benzene rings is 1. The van der Waals surface area contributed by atoms with Crippen molar-refractivity contribution in [2.75, 3.05) is 0 Å². The van der Waals surface area contributed by atoms with Crippen molar-refractivity contribution >= 4 is 23.2 Å². The van der Waals surface area contributed by atoms with Crippen LogP contribution in [0, 0.1) is 10.1 Å². The van der Waals surface area contributed by atoms with Crippen molar-refractivity contribution in [1.82, 2.24) is 0 Å². The third-order valence-electron chi connectivity index (χ3n) is 1.89. The molecule has 7 nitrogen and oxygen atoms in total. The lowest BCUT2D eigenvalue weighted by Crippen LogP contribution is -2.05. The van der Waals surface area contributed by atoms with Crippen LogP contribution in [0.3, 0.4) is 0 Å². The highest BCUT2D eigenvalue weighted by Crippen LogP contribution is 2.25. The number of hydrogen-bond acceptors (Lipinski definition) is 4. The summed E-state index contributed by atoms with van der Waals surface area (Å²) >= 11 is 0. The highest BCUT2D eigenvalue weighted by molar-refractivity contribution is 6.20. The molecule has 0 saturated heterocycles. The molecule has 0 fully saturated rings. The van der Waals surface area contributed by atoms with Gasteiger partial charge in [-0.1, -0.05) is 12.1 Å². The molecule has 0 spiro atoms. The van der Waals surface area contributed by atoms with Gasteiger partial charge in [-0.25, -0.2) is 9.59 Å². The lowest BCUT2D eigenvalue weighted by Gasteiger charge is -2.02. The van der Waals surface area contributed by atoms with E-state index in [1.165, 1.54) is 18.2 Å². The Hall–Kier alpha value is -2.70. The summed E-state index contributed by atoms with van der Waals surface area (Å²) < 4.78 is 0. The number of hydrogen-bond donors (Lipinski definition) is 2. The van der Waals surface area contributed by atoms with Crippen molar-refractivity contribution in [3.63, 3.8) is 0 Å². The fourth-order valence-electron chi connectivity index (χ4n) is 1.24. The van der Waals surface area contributed by atoms with Crippen molar-refractivity contribution in [3.05, 3.63) is 46.0 Å². The predicted molar refractivity (Wildman–Crippen MR) is 56.3 cm³/mol. The molecule has 0 radical (unpaired) electrons. The van der Waals surface area contributed by atoms with E-state index in [0.717, 1.165) is 6.07 Å². The number of nitrogens with zero attached hydrogens (tertiary/aromatic N) is 1. The van der Waals surface area contributed by atoms with Crippen LogP contribution in [0.5, 0.6) is 0 Å². The quantitative estimate of drug-likeness (QED) is 0.460. The molecule has 0 amide bonds. The van der Waals surface area contributed by atoms with Crippen LogP contribution < -0.4 is 0 Å². The Morgan fingerprint density at radius 2 is 1.82 bits per heavy atom. The first-order chi connectivity index (χ1) is 7.93. The SMILES string of the molecule is O=C(O)C=C(C(=O)O)c1ccccc1[N+](=O)[O-]. The van der Waals surface area contributed by atoms with Crippen molar-refractivity contribution < 1.29 is 24.7 Å². The van der Waals surface area contributed by atoms with E-state index in [2.05, 4.69) is 0 Å². The van der Waals surface area contributed by atoms with Crippen LogP contribution >= 0.6 is 0 Å². The van der Waals surface area contributed by atoms with Crippen LogP contribution in [0.15, 0.2) is 30.3 Å². The van der Waals surface area contributed by atoms with E-state index >= 15 is 0 Å². The monoisotopic (exact) mass is 237 g/mol. The standard InChI is InChI=1S/C10H7NO6/c12-9(13)5-7(10(14)15)6-3-1-2-4-8(6)11(16)17/h1-5H,(H,12,13)(H,14,15). The van der Waals surface area contributed by atoms with Gasteiger partial charge in [0.15, 0.2) is 0 Å². The largest absolute Gasteiger partial charge is 0.478 e. The molecule has 0 aromatic heterocycles. The summed E-state index contributed by atoms with van der Waals surface area (Å²) in [6.45, 7) is 0. The maximum atomic E-state index is 10.9. The number of carboxylic acids is 2. The first-order valence-corrected chi connectivity index (χ1v) is 4.35. The molecule has 2 N–H and O–H groups in total. The number of carboxylic acid groups (broad SMARTS) is 2. The summed E-state index contributed by atoms with van der Waals surface area (Å²) in [7, 11) is 0. The van der Waals surface area contributed by atoms with Crippen molar-refractivity contribution in [2.24, 2.45) is 0 Å². The van der Waals surface area contributed by atoms with Gasteiger partial charge in [0.05, 0.1) is 16.1 Å². The molecule has 0 unspecified atom stereocenters. The zero-order chi connectivity index (χ0) is 13.0. The Morgan fingerprint density at radius 3 is 2.29 bits per heavy atom. The fraction of sp³-hybridized carbons (Fsp3) is 0. The van der Waals surface area contributed by atoms with Gasteiger partial charge in [0.25, 0.3) is 5.69 Å². The minimum atomic E-state index is -1.54. The van der Waals surface area contributed by atoms with Crippen molar-refractivity contribution in [1.29, 1.82) is 0 Å². The molecule has 0 heterocycles. The molecule has 0 aliphatic carbocycles. The maximum absolute atomic E-state index is 10.9. The molecule has 7 heteroatoms. The van der Waals surface area contributed by atoms with E-state index in [0.29, 0.717) is 6.08 Å². The summed E-state index contributed by atoms with van der Waals surface area (Å²) in [5.41, 5.74) is -1.33. The first-order valence-electron chi connectivity index (χ1n) is 4.35. The van der Waals surface area contributed by atoms with Gasteiger partial charge in [0.2, 0.25) is 0 Å². The highest BCUT2D eigenvalue weighted by Gasteiger charge is 2.21. The Balaban J connectivity index is 3.44. The smallest absolute Gasteiger partial charge is 0.336 e. The maximum Gasteiger partial charge on any atom is 0.336 e. The molecule has 0 bridgehead atoms. The number of nitro groups is 1. The van der Waals surface area contributed by atoms with E-state index in [1.807, 2.05) is 0 Å². The van der Waals surface area contributed by atoms with Gasteiger partial charge in [-0.15, -0.1) is 0 Å². The molecule has 1 rings (SSSR count). The minimum absolute atomic E-state index is 0.243. The Labute approximate surface area is 94.8 Å². The normalized spacial score (nSPS) is 10.9. The molecule has 1 aromatic carbocycles.